The van der Waals surface area contributed by atoms with Gasteiger partial charge in [-0.3, -0.25) is 14.4 Å². The van der Waals surface area contributed by atoms with Crippen LogP contribution in [-0.4, -0.2) is 107 Å². The number of amides is 2. The first-order valence-corrected chi connectivity index (χ1v) is 10.5. The standard InChI is InChI=1S/C20H24FN7O5/c1-32-8-9-33-12-15(29)26-4-6-27(7-5-26)20(31)18(30)13-10-22-17-16(13)14(21)11-23-19(17)28-3-2-24-25-28/h2-3,10-11,16-17,22H,4-9,12H2,1H3. The summed E-state index contributed by atoms with van der Waals surface area (Å²) in [5.41, 5.74) is 0.0244. The van der Waals surface area contributed by atoms with E-state index in [2.05, 4.69) is 20.6 Å². The number of nitrogens with one attached hydrogen (secondary N) is 1. The van der Waals surface area contributed by atoms with Crippen LogP contribution in [0.1, 0.15) is 0 Å². The van der Waals surface area contributed by atoms with Gasteiger partial charge in [-0.1, -0.05) is 5.21 Å². The second-order valence-electron chi connectivity index (χ2n) is 7.62. The van der Waals surface area contributed by atoms with Crippen LogP contribution >= 0.6 is 0 Å². The summed E-state index contributed by atoms with van der Waals surface area (Å²) >= 11 is 0. The number of ketones is 1. The second-order valence-corrected chi connectivity index (χ2v) is 7.62. The minimum Gasteiger partial charge on any atom is -0.382 e. The third kappa shape index (κ3) is 4.68. The molecule has 4 heterocycles. The Morgan fingerprint density at radius 1 is 1.18 bits per heavy atom. The van der Waals surface area contributed by atoms with Crippen molar-refractivity contribution < 1.29 is 28.2 Å². The lowest BCUT2D eigenvalue weighted by molar-refractivity contribution is -0.147. The maximum Gasteiger partial charge on any atom is 0.294 e. The fraction of sp³-hybridized carbons (Fsp3) is 0.500. The number of aliphatic imine (C=N–C) groups is 1. The van der Waals surface area contributed by atoms with Crippen LogP contribution in [-0.2, 0) is 23.9 Å². The molecule has 0 bridgehead atoms. The number of hydrogen-bond donors (Lipinski definition) is 1. The van der Waals surface area contributed by atoms with Gasteiger partial charge in [0.05, 0.1) is 43.8 Å². The molecular formula is C20H24FN7O5. The van der Waals surface area contributed by atoms with Gasteiger partial charge in [-0.05, 0) is 0 Å². The smallest absolute Gasteiger partial charge is 0.294 e. The number of rotatable bonds is 7. The molecule has 176 valence electrons. The first-order valence-electron chi connectivity index (χ1n) is 10.5. The predicted octanol–water partition coefficient (Wildman–Crippen LogP) is -1.28. The van der Waals surface area contributed by atoms with E-state index in [1.807, 2.05) is 0 Å². The van der Waals surface area contributed by atoms with Crippen LogP contribution in [0, 0.1) is 5.92 Å². The third-order valence-corrected chi connectivity index (χ3v) is 5.67. The Balaban J connectivity index is 1.34. The monoisotopic (exact) mass is 461 g/mol. The van der Waals surface area contributed by atoms with E-state index in [-0.39, 0.29) is 44.3 Å². The van der Waals surface area contributed by atoms with Crippen LogP contribution in [0.4, 0.5) is 4.39 Å². The SMILES string of the molecule is COCCOCC(=O)N1CCN(C(=O)C(=O)C2=CNC3C(n4ccnn4)=NC=C(F)C23)CC1. The Kier molecular flexibility index (Phi) is 6.89. The van der Waals surface area contributed by atoms with Crippen molar-refractivity contribution >= 4 is 23.4 Å². The fourth-order valence-electron chi connectivity index (χ4n) is 3.92. The van der Waals surface area contributed by atoms with Crippen LogP contribution in [0.15, 0.2) is 41.2 Å². The summed E-state index contributed by atoms with van der Waals surface area (Å²) in [5.74, 6) is -2.95. The lowest BCUT2D eigenvalue weighted by Crippen LogP contribution is -2.53. The van der Waals surface area contributed by atoms with E-state index in [4.69, 9.17) is 9.47 Å². The summed E-state index contributed by atoms with van der Waals surface area (Å²) in [5, 5.41) is 10.5. The maximum atomic E-state index is 14.6. The minimum absolute atomic E-state index is 0.0244. The number of nitrogens with zero attached hydrogens (tertiary/aromatic N) is 6. The number of piperazine rings is 1. The third-order valence-electron chi connectivity index (χ3n) is 5.67. The first-order chi connectivity index (χ1) is 16.0. The molecule has 0 spiro atoms. The summed E-state index contributed by atoms with van der Waals surface area (Å²) in [6, 6.07) is -0.684. The molecule has 0 saturated carbocycles. The maximum absolute atomic E-state index is 14.6. The molecule has 2 unspecified atom stereocenters. The molecule has 1 aromatic heterocycles. The van der Waals surface area contributed by atoms with Gasteiger partial charge in [-0.15, -0.1) is 5.10 Å². The zero-order chi connectivity index (χ0) is 23.4. The lowest BCUT2D eigenvalue weighted by atomic mass is 9.88. The van der Waals surface area contributed by atoms with Crippen LogP contribution in [0.3, 0.4) is 0 Å². The largest absolute Gasteiger partial charge is 0.382 e. The number of halogens is 1. The molecule has 0 radical (unpaired) electrons. The molecule has 4 rings (SSSR count). The van der Waals surface area contributed by atoms with Gasteiger partial charge in [0.1, 0.15) is 12.4 Å². The Hall–Kier alpha value is -3.45. The van der Waals surface area contributed by atoms with Crippen LogP contribution < -0.4 is 5.32 Å². The molecule has 1 N–H and O–H groups in total. The number of fused-ring (bicyclic) bond motifs is 1. The van der Waals surface area contributed by atoms with Crippen LogP contribution in [0.2, 0.25) is 0 Å². The first kappa shape index (κ1) is 22.7. The fourth-order valence-corrected chi connectivity index (χ4v) is 3.92. The number of Topliss-reactive ketones (excluding diaryl/α,β-unsaturated/α-hetero) is 1. The van der Waals surface area contributed by atoms with Crippen molar-refractivity contribution in [3.8, 4) is 0 Å². The zero-order valence-corrected chi connectivity index (χ0v) is 18.0. The summed E-state index contributed by atoms with van der Waals surface area (Å²) in [6.45, 7) is 1.61. The van der Waals surface area contributed by atoms with Crippen molar-refractivity contribution in [3.05, 3.63) is 36.2 Å². The van der Waals surface area contributed by atoms with Crippen LogP contribution in [0.5, 0.6) is 0 Å². The average molecular weight is 461 g/mol. The summed E-state index contributed by atoms with van der Waals surface area (Å²) in [6.07, 6.45) is 5.40. The van der Waals surface area contributed by atoms with Crippen molar-refractivity contribution in [2.24, 2.45) is 10.9 Å². The summed E-state index contributed by atoms with van der Waals surface area (Å²) in [4.78, 5) is 45.1. The van der Waals surface area contributed by atoms with E-state index in [1.54, 1.807) is 18.2 Å². The molecule has 1 saturated heterocycles. The van der Waals surface area contributed by atoms with Gasteiger partial charge in [0, 0.05) is 45.1 Å². The topological polar surface area (TPSA) is 131 Å². The molecule has 2 atom stereocenters. The molecular weight excluding hydrogens is 437 g/mol. The second kappa shape index (κ2) is 10.0. The van der Waals surface area contributed by atoms with E-state index in [1.165, 1.54) is 22.0 Å². The number of aromatic nitrogens is 3. The molecule has 0 aliphatic carbocycles. The van der Waals surface area contributed by atoms with Crippen molar-refractivity contribution in [2.75, 3.05) is 53.1 Å². The highest BCUT2D eigenvalue weighted by atomic mass is 19.1. The molecule has 1 fully saturated rings. The Labute approximate surface area is 188 Å². The van der Waals surface area contributed by atoms with Crippen molar-refractivity contribution in [1.82, 2.24) is 30.1 Å². The number of carbonyl (C=O) groups excluding carboxylic acids is 3. The Bertz CT molecular complexity index is 998. The molecule has 12 nitrogen and oxygen atoms in total. The van der Waals surface area contributed by atoms with Crippen molar-refractivity contribution in [1.29, 1.82) is 0 Å². The van der Waals surface area contributed by atoms with E-state index in [9.17, 15) is 18.8 Å². The molecule has 0 aromatic carbocycles. The van der Waals surface area contributed by atoms with Gasteiger partial charge < -0.3 is 24.6 Å². The highest BCUT2D eigenvalue weighted by Gasteiger charge is 2.44. The van der Waals surface area contributed by atoms with Gasteiger partial charge in [-0.2, -0.15) is 0 Å². The van der Waals surface area contributed by atoms with Gasteiger partial charge in [-0.25, -0.2) is 14.1 Å². The van der Waals surface area contributed by atoms with Crippen LogP contribution in [0.25, 0.3) is 0 Å². The predicted molar refractivity (Wildman–Crippen MR) is 111 cm³/mol. The molecule has 1 aromatic rings. The summed E-state index contributed by atoms with van der Waals surface area (Å²) < 4.78 is 26.1. The Morgan fingerprint density at radius 3 is 2.64 bits per heavy atom. The minimum atomic E-state index is -0.981. The number of carbonyl (C=O) groups is 3. The van der Waals surface area contributed by atoms with E-state index >= 15 is 0 Å². The lowest BCUT2D eigenvalue weighted by Gasteiger charge is -2.34. The normalized spacial score (nSPS) is 22.2. The van der Waals surface area contributed by atoms with Gasteiger partial charge in [0.25, 0.3) is 5.91 Å². The average Bonchev–Trinajstić information content (AvgIpc) is 3.52. The van der Waals surface area contributed by atoms with Gasteiger partial charge in [0.2, 0.25) is 11.7 Å². The molecule has 3 aliphatic rings. The number of ether oxygens (including phenoxy) is 2. The highest BCUT2D eigenvalue weighted by molar-refractivity contribution is 6.43. The highest BCUT2D eigenvalue weighted by Crippen LogP contribution is 2.34. The van der Waals surface area contributed by atoms with Crippen molar-refractivity contribution in [3.63, 3.8) is 0 Å². The zero-order valence-electron chi connectivity index (χ0n) is 18.0. The molecule has 3 aliphatic heterocycles. The quantitative estimate of drug-likeness (QED) is 0.393. The molecule has 13 heteroatoms. The van der Waals surface area contributed by atoms with E-state index < -0.39 is 29.5 Å². The number of methoxy groups -OCH3 is 1. The number of hydrogen-bond acceptors (Lipinski definition) is 9. The van der Waals surface area contributed by atoms with Gasteiger partial charge in [0.15, 0.2) is 5.84 Å². The molecule has 2 amide bonds. The molecule has 33 heavy (non-hydrogen) atoms. The summed E-state index contributed by atoms with van der Waals surface area (Å²) in [7, 11) is 1.54. The van der Waals surface area contributed by atoms with E-state index in [0.29, 0.717) is 19.0 Å². The van der Waals surface area contributed by atoms with E-state index in [0.717, 1.165) is 6.20 Å². The van der Waals surface area contributed by atoms with Gasteiger partial charge >= 0.3 is 0 Å². The van der Waals surface area contributed by atoms with Crippen molar-refractivity contribution in [2.45, 2.75) is 6.04 Å². The Morgan fingerprint density at radius 2 is 1.94 bits per heavy atom.